The predicted molar refractivity (Wildman–Crippen MR) is 115 cm³/mol. The maximum Gasteiger partial charge on any atom is 0.261 e. The molecule has 0 bridgehead atoms. The van der Waals surface area contributed by atoms with Crippen molar-refractivity contribution in [3.05, 3.63) is 47.0 Å². The molecule has 1 heterocycles. The van der Waals surface area contributed by atoms with Gasteiger partial charge in [0.2, 0.25) is 5.91 Å². The van der Waals surface area contributed by atoms with Gasteiger partial charge in [-0.3, -0.25) is 9.52 Å². The highest BCUT2D eigenvalue weighted by Crippen LogP contribution is 2.32. The van der Waals surface area contributed by atoms with Crippen molar-refractivity contribution in [1.82, 2.24) is 0 Å². The maximum atomic E-state index is 12.9. The Morgan fingerprint density at radius 3 is 2.45 bits per heavy atom. The molecular formula is C22H28N2O4S. The summed E-state index contributed by atoms with van der Waals surface area (Å²) in [6, 6.07) is 8.62. The van der Waals surface area contributed by atoms with E-state index in [0.29, 0.717) is 25.3 Å². The molecule has 0 atom stereocenters. The Hall–Kier alpha value is -2.54. The molecule has 6 nitrogen and oxygen atoms in total. The minimum Gasteiger partial charge on any atom is -0.493 e. The smallest absolute Gasteiger partial charge is 0.261 e. The third-order valence-corrected chi connectivity index (χ3v) is 6.45. The van der Waals surface area contributed by atoms with Crippen molar-refractivity contribution in [1.29, 1.82) is 0 Å². The van der Waals surface area contributed by atoms with Gasteiger partial charge in [0.05, 0.1) is 11.5 Å². The summed E-state index contributed by atoms with van der Waals surface area (Å²) in [5.74, 6) is 0.806. The van der Waals surface area contributed by atoms with Crippen LogP contribution in [0.2, 0.25) is 0 Å². The maximum absolute atomic E-state index is 12.9. The quantitative estimate of drug-likeness (QED) is 0.766. The molecule has 0 saturated carbocycles. The largest absolute Gasteiger partial charge is 0.493 e. The average molecular weight is 417 g/mol. The molecule has 0 unspecified atom stereocenters. The highest BCUT2D eigenvalue weighted by Gasteiger charge is 2.23. The molecule has 0 aliphatic carbocycles. The summed E-state index contributed by atoms with van der Waals surface area (Å²) in [5, 5.41) is 0. The lowest BCUT2D eigenvalue weighted by Gasteiger charge is -2.29. The number of rotatable bonds is 6. The third kappa shape index (κ3) is 4.40. The van der Waals surface area contributed by atoms with Gasteiger partial charge < -0.3 is 9.64 Å². The van der Waals surface area contributed by atoms with E-state index >= 15 is 0 Å². The number of aryl methyl sites for hydroxylation is 3. The molecule has 7 heteroatoms. The van der Waals surface area contributed by atoms with Crippen LogP contribution in [-0.4, -0.2) is 27.5 Å². The highest BCUT2D eigenvalue weighted by atomic mass is 32.2. The Kier molecular flexibility index (Phi) is 6.17. The van der Waals surface area contributed by atoms with Crippen molar-refractivity contribution in [2.75, 3.05) is 22.8 Å². The highest BCUT2D eigenvalue weighted by molar-refractivity contribution is 7.92. The number of carbonyl (C=O) groups excluding carboxylic acids is 1. The molecule has 0 spiro atoms. The van der Waals surface area contributed by atoms with E-state index in [0.717, 1.165) is 41.0 Å². The normalized spacial score (nSPS) is 13.7. The molecule has 0 radical (unpaired) electrons. The van der Waals surface area contributed by atoms with Gasteiger partial charge in [-0.25, -0.2) is 8.42 Å². The number of sulfonamides is 1. The number of anilines is 2. The van der Waals surface area contributed by atoms with Gasteiger partial charge in [-0.15, -0.1) is 0 Å². The summed E-state index contributed by atoms with van der Waals surface area (Å²) in [4.78, 5) is 14.2. The van der Waals surface area contributed by atoms with Crippen molar-refractivity contribution < 1.29 is 17.9 Å². The Bertz CT molecular complexity index is 1010. The zero-order chi connectivity index (χ0) is 21.2. The number of ether oxygens (including phenoxy) is 1. The molecule has 1 N–H and O–H groups in total. The molecule has 0 aromatic heterocycles. The first kappa shape index (κ1) is 21.2. The molecule has 1 aliphatic heterocycles. The van der Waals surface area contributed by atoms with Gasteiger partial charge in [0.1, 0.15) is 5.75 Å². The van der Waals surface area contributed by atoms with Crippen LogP contribution in [0, 0.1) is 13.8 Å². The molecule has 3 rings (SSSR count). The van der Waals surface area contributed by atoms with E-state index in [4.69, 9.17) is 4.74 Å². The van der Waals surface area contributed by atoms with Crippen molar-refractivity contribution in [3.63, 3.8) is 0 Å². The molecule has 0 fully saturated rings. The van der Waals surface area contributed by atoms with Gasteiger partial charge in [0, 0.05) is 24.3 Å². The van der Waals surface area contributed by atoms with E-state index in [9.17, 15) is 13.2 Å². The number of benzene rings is 2. The van der Waals surface area contributed by atoms with Crippen molar-refractivity contribution in [3.8, 4) is 5.75 Å². The van der Waals surface area contributed by atoms with Crippen LogP contribution in [0.25, 0.3) is 0 Å². The Labute approximate surface area is 172 Å². The SMILES string of the molecule is CCOc1c(C)cc(S(=O)(=O)Nc2ccc3c(c2)CCCN3C(=O)CC)cc1C. The van der Waals surface area contributed by atoms with Gasteiger partial charge in [0.15, 0.2) is 0 Å². The molecule has 2 aromatic rings. The van der Waals surface area contributed by atoms with E-state index in [1.807, 2.05) is 39.8 Å². The lowest BCUT2D eigenvalue weighted by molar-refractivity contribution is -0.118. The first-order chi connectivity index (χ1) is 13.8. The second kappa shape index (κ2) is 8.45. The first-order valence-electron chi connectivity index (χ1n) is 9.97. The fourth-order valence-electron chi connectivity index (χ4n) is 3.76. The van der Waals surface area contributed by atoms with Crippen molar-refractivity contribution >= 4 is 27.3 Å². The van der Waals surface area contributed by atoms with E-state index in [-0.39, 0.29) is 10.8 Å². The van der Waals surface area contributed by atoms with Crippen LogP contribution >= 0.6 is 0 Å². The van der Waals surface area contributed by atoms with Gasteiger partial charge in [-0.05, 0) is 80.6 Å². The average Bonchev–Trinajstić information content (AvgIpc) is 2.69. The Balaban J connectivity index is 1.89. The molecule has 2 aromatic carbocycles. The number of carbonyl (C=O) groups is 1. The lowest BCUT2D eigenvalue weighted by atomic mass is 10.0. The first-order valence-corrected chi connectivity index (χ1v) is 11.4. The number of amides is 1. The molecule has 1 amide bonds. The molecule has 29 heavy (non-hydrogen) atoms. The van der Waals surface area contributed by atoms with Gasteiger partial charge in [-0.2, -0.15) is 0 Å². The zero-order valence-electron chi connectivity index (χ0n) is 17.4. The fraction of sp³-hybridized carbons (Fsp3) is 0.409. The zero-order valence-corrected chi connectivity index (χ0v) is 18.2. The van der Waals surface area contributed by atoms with Gasteiger partial charge >= 0.3 is 0 Å². The van der Waals surface area contributed by atoms with Gasteiger partial charge in [-0.1, -0.05) is 6.92 Å². The van der Waals surface area contributed by atoms with E-state index in [1.54, 1.807) is 23.1 Å². The van der Waals surface area contributed by atoms with E-state index < -0.39 is 10.0 Å². The predicted octanol–water partition coefficient (Wildman–Crippen LogP) is 4.19. The number of nitrogens with one attached hydrogen (secondary N) is 1. The lowest BCUT2D eigenvalue weighted by Crippen LogP contribution is -2.34. The topological polar surface area (TPSA) is 75.7 Å². The minimum atomic E-state index is -3.74. The van der Waals surface area contributed by atoms with Crippen LogP contribution < -0.4 is 14.4 Å². The van der Waals surface area contributed by atoms with Crippen molar-refractivity contribution in [2.24, 2.45) is 0 Å². The fourth-order valence-corrected chi connectivity index (χ4v) is 4.98. The monoisotopic (exact) mass is 416 g/mol. The van der Waals surface area contributed by atoms with Crippen LogP contribution in [0.3, 0.4) is 0 Å². The van der Waals surface area contributed by atoms with Crippen LogP contribution in [-0.2, 0) is 21.2 Å². The van der Waals surface area contributed by atoms with Crippen LogP contribution in [0.15, 0.2) is 35.2 Å². The second-order valence-corrected chi connectivity index (χ2v) is 8.95. The Morgan fingerprint density at radius 2 is 1.83 bits per heavy atom. The number of hydrogen-bond donors (Lipinski definition) is 1. The minimum absolute atomic E-state index is 0.0830. The third-order valence-electron chi connectivity index (χ3n) is 5.09. The number of nitrogens with zero attached hydrogens (tertiary/aromatic N) is 1. The summed E-state index contributed by atoms with van der Waals surface area (Å²) in [6.45, 7) is 8.66. The molecule has 1 aliphatic rings. The van der Waals surface area contributed by atoms with Gasteiger partial charge in [0.25, 0.3) is 10.0 Å². The molecule has 156 valence electrons. The molecular weight excluding hydrogens is 388 g/mol. The molecule has 0 saturated heterocycles. The van der Waals surface area contributed by atoms with Crippen LogP contribution in [0.1, 0.15) is 43.4 Å². The number of fused-ring (bicyclic) bond motifs is 1. The van der Waals surface area contributed by atoms with Crippen LogP contribution in [0.4, 0.5) is 11.4 Å². The summed E-state index contributed by atoms with van der Waals surface area (Å²) in [7, 11) is -3.74. The van der Waals surface area contributed by atoms with E-state index in [2.05, 4.69) is 4.72 Å². The summed E-state index contributed by atoms with van der Waals surface area (Å²) >= 11 is 0. The second-order valence-electron chi connectivity index (χ2n) is 7.27. The summed E-state index contributed by atoms with van der Waals surface area (Å²) in [6.07, 6.45) is 2.14. The summed E-state index contributed by atoms with van der Waals surface area (Å²) < 4.78 is 34.2. The van der Waals surface area contributed by atoms with Crippen LogP contribution in [0.5, 0.6) is 5.75 Å². The summed E-state index contributed by atoms with van der Waals surface area (Å²) in [5.41, 5.74) is 3.92. The number of hydrogen-bond acceptors (Lipinski definition) is 4. The Morgan fingerprint density at radius 1 is 1.14 bits per heavy atom. The standard InChI is InChI=1S/C22H28N2O4S/c1-5-21(25)24-11-7-8-17-14-18(9-10-20(17)24)23-29(26,27)19-12-15(3)22(28-6-2)16(4)13-19/h9-10,12-14,23H,5-8,11H2,1-4H3. The van der Waals surface area contributed by atoms with Crippen molar-refractivity contribution in [2.45, 2.75) is 51.9 Å². The van der Waals surface area contributed by atoms with E-state index in [1.165, 1.54) is 0 Å².